The molecule has 2 amide bonds. The standard InChI is InChI=1S/C24H28N2O3/c1-3-29-23(27)16-11-19-9-14-22(15-10-19)25-24(28)26(18(2)21-12-13-21)17-20-7-5-4-6-8-20/h4-11,14-16,18,21H,3,12-13,17H2,1-2H3,(H,25,28)/b16-11+. The molecular formula is C24H28N2O3. The van der Waals surface area contributed by atoms with Crippen LogP contribution in [0, 0.1) is 5.92 Å². The summed E-state index contributed by atoms with van der Waals surface area (Å²) in [6.45, 7) is 4.84. The van der Waals surface area contributed by atoms with Crippen molar-refractivity contribution in [2.75, 3.05) is 11.9 Å². The molecule has 5 nitrogen and oxygen atoms in total. The van der Waals surface area contributed by atoms with Crippen LogP contribution in [0.25, 0.3) is 6.08 Å². The highest BCUT2D eigenvalue weighted by Crippen LogP contribution is 2.36. The van der Waals surface area contributed by atoms with E-state index in [-0.39, 0.29) is 18.0 Å². The summed E-state index contributed by atoms with van der Waals surface area (Å²) < 4.78 is 4.87. The number of hydrogen-bond acceptors (Lipinski definition) is 3. The number of hydrogen-bond donors (Lipinski definition) is 1. The van der Waals surface area contributed by atoms with Gasteiger partial charge in [-0.15, -0.1) is 0 Å². The Hall–Kier alpha value is -3.08. The largest absolute Gasteiger partial charge is 0.463 e. The van der Waals surface area contributed by atoms with Gasteiger partial charge in [-0.05, 0) is 61.9 Å². The molecule has 0 aromatic heterocycles. The van der Waals surface area contributed by atoms with Gasteiger partial charge >= 0.3 is 12.0 Å². The molecule has 0 spiro atoms. The fraction of sp³-hybridized carbons (Fsp3) is 0.333. The van der Waals surface area contributed by atoms with Crippen LogP contribution in [0.1, 0.15) is 37.8 Å². The normalized spacial score (nSPS) is 14.4. The Morgan fingerprint density at radius 3 is 2.45 bits per heavy atom. The van der Waals surface area contributed by atoms with Crippen LogP contribution in [0.5, 0.6) is 0 Å². The van der Waals surface area contributed by atoms with Crippen molar-refractivity contribution in [3.05, 3.63) is 71.8 Å². The number of carbonyl (C=O) groups excluding carboxylic acids is 2. The van der Waals surface area contributed by atoms with E-state index >= 15 is 0 Å². The lowest BCUT2D eigenvalue weighted by atomic mass is 10.1. The van der Waals surface area contributed by atoms with Gasteiger partial charge in [0, 0.05) is 24.4 Å². The second-order valence-corrected chi connectivity index (χ2v) is 7.33. The van der Waals surface area contributed by atoms with E-state index in [1.165, 1.54) is 18.9 Å². The quantitative estimate of drug-likeness (QED) is 0.502. The van der Waals surface area contributed by atoms with Gasteiger partial charge in [-0.3, -0.25) is 0 Å². The molecule has 2 aromatic rings. The molecule has 1 aliphatic carbocycles. The number of ether oxygens (including phenoxy) is 1. The summed E-state index contributed by atoms with van der Waals surface area (Å²) in [4.78, 5) is 26.3. The number of rotatable bonds is 8. The number of benzene rings is 2. The van der Waals surface area contributed by atoms with Crippen LogP contribution in [-0.2, 0) is 16.1 Å². The van der Waals surface area contributed by atoms with Crippen molar-refractivity contribution < 1.29 is 14.3 Å². The molecule has 0 aliphatic heterocycles. The van der Waals surface area contributed by atoms with Gasteiger partial charge in [-0.25, -0.2) is 9.59 Å². The summed E-state index contributed by atoms with van der Waals surface area (Å²) in [5, 5.41) is 3.01. The van der Waals surface area contributed by atoms with Crippen molar-refractivity contribution in [2.45, 2.75) is 39.3 Å². The molecule has 1 saturated carbocycles. The van der Waals surface area contributed by atoms with Crippen molar-refractivity contribution in [3.8, 4) is 0 Å². The van der Waals surface area contributed by atoms with E-state index in [9.17, 15) is 9.59 Å². The Labute approximate surface area is 172 Å². The van der Waals surface area contributed by atoms with E-state index in [4.69, 9.17) is 4.74 Å². The first-order valence-corrected chi connectivity index (χ1v) is 10.1. The van der Waals surface area contributed by atoms with Gasteiger partial charge in [-0.1, -0.05) is 42.5 Å². The first-order chi connectivity index (χ1) is 14.1. The summed E-state index contributed by atoms with van der Waals surface area (Å²) in [5.74, 6) is 0.218. The molecular weight excluding hydrogens is 364 g/mol. The second-order valence-electron chi connectivity index (χ2n) is 7.33. The predicted molar refractivity (Wildman–Crippen MR) is 115 cm³/mol. The molecule has 0 heterocycles. The van der Waals surface area contributed by atoms with Gasteiger partial charge in [0.05, 0.1) is 6.61 Å². The highest BCUT2D eigenvalue weighted by molar-refractivity contribution is 5.90. The average molecular weight is 392 g/mol. The van der Waals surface area contributed by atoms with Crippen molar-refractivity contribution in [3.63, 3.8) is 0 Å². The molecule has 0 bridgehead atoms. The van der Waals surface area contributed by atoms with Gasteiger partial charge in [0.25, 0.3) is 0 Å². The molecule has 2 aromatic carbocycles. The maximum Gasteiger partial charge on any atom is 0.330 e. The van der Waals surface area contributed by atoms with Crippen LogP contribution in [0.4, 0.5) is 10.5 Å². The zero-order valence-corrected chi connectivity index (χ0v) is 17.0. The number of nitrogens with one attached hydrogen (secondary N) is 1. The Bertz CT molecular complexity index is 842. The number of urea groups is 1. The summed E-state index contributed by atoms with van der Waals surface area (Å²) in [6.07, 6.45) is 5.46. The average Bonchev–Trinajstić information content (AvgIpc) is 3.57. The Kier molecular flexibility index (Phi) is 7.06. The topological polar surface area (TPSA) is 58.6 Å². The van der Waals surface area contributed by atoms with E-state index in [0.29, 0.717) is 19.1 Å². The zero-order chi connectivity index (χ0) is 20.6. The van der Waals surface area contributed by atoms with Crippen molar-refractivity contribution in [1.29, 1.82) is 0 Å². The molecule has 1 atom stereocenters. The molecule has 1 unspecified atom stereocenters. The smallest absolute Gasteiger partial charge is 0.330 e. The minimum absolute atomic E-state index is 0.0944. The third kappa shape index (κ3) is 6.21. The maximum atomic E-state index is 13.0. The third-order valence-electron chi connectivity index (χ3n) is 5.11. The molecule has 29 heavy (non-hydrogen) atoms. The van der Waals surface area contributed by atoms with E-state index in [1.54, 1.807) is 13.0 Å². The van der Waals surface area contributed by atoms with Gasteiger partial charge in [-0.2, -0.15) is 0 Å². The van der Waals surface area contributed by atoms with Crippen LogP contribution in [0.15, 0.2) is 60.7 Å². The highest BCUT2D eigenvalue weighted by Gasteiger charge is 2.34. The maximum absolute atomic E-state index is 13.0. The van der Waals surface area contributed by atoms with Crippen LogP contribution in [0.3, 0.4) is 0 Å². The summed E-state index contributed by atoms with van der Waals surface area (Å²) in [5.41, 5.74) is 2.71. The van der Waals surface area contributed by atoms with E-state index in [2.05, 4.69) is 12.2 Å². The summed E-state index contributed by atoms with van der Waals surface area (Å²) in [7, 11) is 0. The predicted octanol–water partition coefficient (Wildman–Crippen LogP) is 5.10. The third-order valence-corrected chi connectivity index (χ3v) is 5.11. The molecule has 1 aliphatic rings. The molecule has 0 radical (unpaired) electrons. The Balaban J connectivity index is 1.64. The highest BCUT2D eigenvalue weighted by atomic mass is 16.5. The number of amides is 2. The van der Waals surface area contributed by atoms with E-state index < -0.39 is 0 Å². The molecule has 3 rings (SSSR count). The second kappa shape index (κ2) is 9.92. The first kappa shape index (κ1) is 20.6. The van der Waals surface area contributed by atoms with Crippen molar-refractivity contribution >= 4 is 23.8 Å². The zero-order valence-electron chi connectivity index (χ0n) is 17.0. The fourth-order valence-electron chi connectivity index (χ4n) is 3.24. The molecule has 0 saturated heterocycles. The molecule has 1 N–H and O–H groups in total. The Morgan fingerprint density at radius 1 is 1.14 bits per heavy atom. The van der Waals surface area contributed by atoms with Gasteiger partial charge in [0.1, 0.15) is 0 Å². The van der Waals surface area contributed by atoms with Crippen LogP contribution >= 0.6 is 0 Å². The van der Waals surface area contributed by atoms with Gasteiger partial charge < -0.3 is 15.0 Å². The monoisotopic (exact) mass is 392 g/mol. The first-order valence-electron chi connectivity index (χ1n) is 10.1. The van der Waals surface area contributed by atoms with Crippen LogP contribution in [0.2, 0.25) is 0 Å². The lowest BCUT2D eigenvalue weighted by Crippen LogP contribution is -2.42. The minimum Gasteiger partial charge on any atom is -0.463 e. The van der Waals surface area contributed by atoms with Crippen molar-refractivity contribution in [2.24, 2.45) is 5.92 Å². The number of esters is 1. The molecule has 5 heteroatoms. The summed E-state index contributed by atoms with van der Waals surface area (Å²) in [6, 6.07) is 17.6. The Morgan fingerprint density at radius 2 is 1.83 bits per heavy atom. The minimum atomic E-state index is -0.365. The SMILES string of the molecule is CCOC(=O)/C=C/c1ccc(NC(=O)N(Cc2ccccc2)C(C)C2CC2)cc1. The molecule has 1 fully saturated rings. The number of anilines is 1. The van der Waals surface area contributed by atoms with Crippen LogP contribution < -0.4 is 5.32 Å². The van der Waals surface area contributed by atoms with Crippen molar-refractivity contribution in [1.82, 2.24) is 4.90 Å². The number of nitrogens with zero attached hydrogens (tertiary/aromatic N) is 1. The van der Waals surface area contributed by atoms with E-state index in [0.717, 1.165) is 16.8 Å². The lowest BCUT2D eigenvalue weighted by molar-refractivity contribution is -0.137. The van der Waals surface area contributed by atoms with Crippen LogP contribution in [-0.4, -0.2) is 29.5 Å². The molecule has 152 valence electrons. The van der Waals surface area contributed by atoms with Gasteiger partial charge in [0.2, 0.25) is 0 Å². The van der Waals surface area contributed by atoms with Gasteiger partial charge in [0.15, 0.2) is 0 Å². The summed E-state index contributed by atoms with van der Waals surface area (Å²) >= 11 is 0. The lowest BCUT2D eigenvalue weighted by Gasteiger charge is -2.29. The fourth-order valence-corrected chi connectivity index (χ4v) is 3.24. The van der Waals surface area contributed by atoms with E-state index in [1.807, 2.05) is 59.5 Å². The number of carbonyl (C=O) groups is 2.